The molecule has 2 aliphatic carbocycles. The van der Waals surface area contributed by atoms with Gasteiger partial charge in [0.1, 0.15) is 0 Å². The third-order valence-corrected chi connectivity index (χ3v) is 14.2. The molecule has 0 aromatic heterocycles. The molecule has 1 heterocycles. The van der Waals surface area contributed by atoms with Gasteiger partial charge in [-0.3, -0.25) is 0 Å². The van der Waals surface area contributed by atoms with Crippen LogP contribution in [-0.2, 0) is 10.8 Å². The normalized spacial score (nSPS) is 14.6. The van der Waals surface area contributed by atoms with Gasteiger partial charge in [-0.05, 0) is 109 Å². The maximum atomic E-state index is 2.58. The zero-order valence-corrected chi connectivity index (χ0v) is 33.2. The SMILES string of the molecule is CC1(C)c2ccccc2-c2ccc(N(c3ccccc3-c3ccccc3)c3cccc4c3C3(c5cc6ccccc6cc5S4)c4ccccc4-c4ccccc43)cc21. The standard InChI is InChI=1S/C56H39NS/c1-55(2)45-25-12-8-22-41(45)44-32-31-39(35-48(44)55)57(50-28-15-11-21-40(50)36-17-4-3-5-18-36)51-29-16-30-52-54(51)56(49-33-37-19-6-7-20-38(37)34-53(49)58-52)46-26-13-9-23-42(46)43-24-10-14-27-47(43)56/h3-35H,1-2H3. The van der Waals surface area contributed by atoms with Crippen molar-refractivity contribution >= 4 is 39.6 Å². The summed E-state index contributed by atoms with van der Waals surface area (Å²) in [7, 11) is 0. The highest BCUT2D eigenvalue weighted by Gasteiger charge is 2.52. The summed E-state index contributed by atoms with van der Waals surface area (Å²) in [4.78, 5) is 5.17. The molecule has 0 saturated heterocycles. The number of anilines is 3. The Morgan fingerprint density at radius 3 is 1.66 bits per heavy atom. The summed E-state index contributed by atoms with van der Waals surface area (Å²) in [6, 6.07) is 75.1. The number of nitrogens with zero attached hydrogens (tertiary/aromatic N) is 1. The van der Waals surface area contributed by atoms with Gasteiger partial charge in [0.15, 0.2) is 0 Å². The Morgan fingerprint density at radius 2 is 0.931 bits per heavy atom. The van der Waals surface area contributed by atoms with E-state index in [1.165, 1.54) is 93.0 Å². The van der Waals surface area contributed by atoms with Gasteiger partial charge in [-0.15, -0.1) is 0 Å². The van der Waals surface area contributed by atoms with Crippen molar-refractivity contribution < 1.29 is 0 Å². The maximum Gasteiger partial charge on any atom is 0.0756 e. The molecule has 0 fully saturated rings. The van der Waals surface area contributed by atoms with Gasteiger partial charge in [0.2, 0.25) is 0 Å². The third-order valence-electron chi connectivity index (χ3n) is 13.1. The number of hydrogen-bond donors (Lipinski definition) is 0. The van der Waals surface area contributed by atoms with Crippen LogP contribution >= 0.6 is 11.8 Å². The summed E-state index contributed by atoms with van der Waals surface area (Å²) >= 11 is 1.91. The fraction of sp³-hybridized carbons (Fsp3) is 0.0714. The van der Waals surface area contributed by atoms with Crippen molar-refractivity contribution in [3.63, 3.8) is 0 Å². The van der Waals surface area contributed by atoms with E-state index in [1.54, 1.807) is 0 Å². The van der Waals surface area contributed by atoms with Gasteiger partial charge in [0.05, 0.1) is 16.8 Å². The molecule has 9 aromatic carbocycles. The highest BCUT2D eigenvalue weighted by Crippen LogP contribution is 2.65. The molecule has 0 amide bonds. The summed E-state index contributed by atoms with van der Waals surface area (Å²) in [6.07, 6.45) is 0. The lowest BCUT2D eigenvalue weighted by Gasteiger charge is -2.43. The molecular formula is C56H39NS. The predicted molar refractivity (Wildman–Crippen MR) is 243 cm³/mol. The molecule has 0 radical (unpaired) electrons. The van der Waals surface area contributed by atoms with Gasteiger partial charge < -0.3 is 4.90 Å². The van der Waals surface area contributed by atoms with Crippen LogP contribution in [0.1, 0.15) is 47.2 Å². The van der Waals surface area contributed by atoms with Gasteiger partial charge in [0.25, 0.3) is 0 Å². The molecule has 0 N–H and O–H groups in total. The Labute approximate surface area is 344 Å². The average molecular weight is 758 g/mol. The molecule has 58 heavy (non-hydrogen) atoms. The van der Waals surface area contributed by atoms with E-state index in [-0.39, 0.29) is 5.41 Å². The fourth-order valence-corrected chi connectivity index (χ4v) is 11.8. The Balaban J connectivity index is 1.21. The lowest BCUT2D eigenvalue weighted by molar-refractivity contribution is 0.660. The minimum absolute atomic E-state index is 0.150. The topological polar surface area (TPSA) is 3.24 Å². The molecule has 0 unspecified atom stereocenters. The van der Waals surface area contributed by atoms with Crippen LogP contribution in [0.5, 0.6) is 0 Å². The Bertz CT molecular complexity index is 3090. The zero-order valence-electron chi connectivity index (χ0n) is 32.4. The molecule has 3 aliphatic rings. The van der Waals surface area contributed by atoms with Crippen molar-refractivity contribution in [2.24, 2.45) is 0 Å². The van der Waals surface area contributed by atoms with E-state index >= 15 is 0 Å². The average Bonchev–Trinajstić information content (AvgIpc) is 3.69. The highest BCUT2D eigenvalue weighted by atomic mass is 32.2. The molecule has 274 valence electrons. The first-order valence-electron chi connectivity index (χ1n) is 20.3. The minimum atomic E-state index is -0.574. The maximum absolute atomic E-state index is 2.58. The Morgan fingerprint density at radius 1 is 0.379 bits per heavy atom. The molecule has 0 atom stereocenters. The Hall–Kier alpha value is -6.61. The van der Waals surface area contributed by atoms with Crippen LogP contribution in [-0.4, -0.2) is 0 Å². The number of fused-ring (bicyclic) bond motifs is 13. The summed E-state index contributed by atoms with van der Waals surface area (Å²) < 4.78 is 0. The van der Waals surface area contributed by atoms with Crippen LogP contribution in [0, 0.1) is 0 Å². The van der Waals surface area contributed by atoms with Gasteiger partial charge in [-0.25, -0.2) is 0 Å². The Kier molecular flexibility index (Phi) is 7.19. The van der Waals surface area contributed by atoms with E-state index in [9.17, 15) is 0 Å². The first-order valence-corrected chi connectivity index (χ1v) is 21.1. The van der Waals surface area contributed by atoms with E-state index in [0.717, 1.165) is 11.4 Å². The molecule has 1 spiro atoms. The number of rotatable bonds is 4. The molecule has 0 bridgehead atoms. The second-order valence-corrected chi connectivity index (χ2v) is 17.5. The number of para-hydroxylation sites is 1. The molecule has 1 aliphatic heterocycles. The van der Waals surface area contributed by atoms with Gasteiger partial charge in [0, 0.05) is 32.0 Å². The second-order valence-electron chi connectivity index (χ2n) is 16.4. The van der Waals surface area contributed by atoms with Crippen LogP contribution in [0.2, 0.25) is 0 Å². The van der Waals surface area contributed by atoms with Crippen molar-refractivity contribution in [1.82, 2.24) is 0 Å². The monoisotopic (exact) mass is 757 g/mol. The van der Waals surface area contributed by atoms with Crippen molar-refractivity contribution in [2.75, 3.05) is 4.90 Å². The fourth-order valence-electron chi connectivity index (χ4n) is 10.6. The summed E-state index contributed by atoms with van der Waals surface area (Å²) in [5.74, 6) is 0. The predicted octanol–water partition coefficient (Wildman–Crippen LogP) is 15.1. The van der Waals surface area contributed by atoms with E-state index < -0.39 is 5.41 Å². The minimum Gasteiger partial charge on any atom is -0.309 e. The third kappa shape index (κ3) is 4.55. The molecule has 0 saturated carbocycles. The van der Waals surface area contributed by atoms with E-state index in [1.807, 2.05) is 11.8 Å². The smallest absolute Gasteiger partial charge is 0.0756 e. The lowest BCUT2D eigenvalue weighted by atomic mass is 9.66. The largest absolute Gasteiger partial charge is 0.309 e. The number of benzene rings is 9. The van der Waals surface area contributed by atoms with Crippen molar-refractivity contribution in [1.29, 1.82) is 0 Å². The van der Waals surface area contributed by atoms with E-state index in [4.69, 9.17) is 0 Å². The summed E-state index contributed by atoms with van der Waals surface area (Å²) in [5.41, 5.74) is 18.5. The lowest BCUT2D eigenvalue weighted by Crippen LogP contribution is -2.34. The quantitative estimate of drug-likeness (QED) is 0.176. The molecule has 9 aromatic rings. The van der Waals surface area contributed by atoms with Gasteiger partial charge >= 0.3 is 0 Å². The second kappa shape index (κ2) is 12.4. The molecule has 12 rings (SSSR count). The van der Waals surface area contributed by atoms with Crippen LogP contribution < -0.4 is 4.90 Å². The highest BCUT2D eigenvalue weighted by molar-refractivity contribution is 7.99. The molecular weight excluding hydrogens is 719 g/mol. The number of hydrogen-bond acceptors (Lipinski definition) is 2. The van der Waals surface area contributed by atoms with Crippen LogP contribution in [0.4, 0.5) is 17.1 Å². The summed E-state index contributed by atoms with van der Waals surface area (Å²) in [5, 5.41) is 2.53. The van der Waals surface area contributed by atoms with Crippen molar-refractivity contribution in [3.05, 3.63) is 234 Å². The van der Waals surface area contributed by atoms with Crippen molar-refractivity contribution in [3.8, 4) is 33.4 Å². The van der Waals surface area contributed by atoms with Crippen LogP contribution in [0.3, 0.4) is 0 Å². The van der Waals surface area contributed by atoms with Crippen LogP contribution in [0.15, 0.2) is 210 Å². The zero-order chi connectivity index (χ0) is 38.6. The first-order chi connectivity index (χ1) is 28.5. The van der Waals surface area contributed by atoms with E-state index in [2.05, 4.69) is 219 Å². The molecule has 2 heteroatoms. The summed E-state index contributed by atoms with van der Waals surface area (Å²) in [6.45, 7) is 4.76. The van der Waals surface area contributed by atoms with Crippen molar-refractivity contribution in [2.45, 2.75) is 34.5 Å². The van der Waals surface area contributed by atoms with Gasteiger partial charge in [-0.2, -0.15) is 0 Å². The molecule has 1 nitrogen and oxygen atoms in total. The van der Waals surface area contributed by atoms with E-state index in [0.29, 0.717) is 0 Å². The van der Waals surface area contributed by atoms with Crippen LogP contribution in [0.25, 0.3) is 44.2 Å². The first kappa shape index (κ1) is 33.5. The van der Waals surface area contributed by atoms with Gasteiger partial charge in [-0.1, -0.05) is 183 Å².